The lowest BCUT2D eigenvalue weighted by atomic mass is 9.97. The van der Waals surface area contributed by atoms with Crippen molar-refractivity contribution >= 4 is 42.6 Å². The van der Waals surface area contributed by atoms with E-state index in [4.69, 9.17) is 5.73 Å². The standard InChI is InChI=1S/C17H12Br2FN/c18-14-5-3-10-7-12(2-1-11(10)8-14)17(21)13-4-6-16(20)15(19)9-13/h1-9,17H,21H2. The summed E-state index contributed by atoms with van der Waals surface area (Å²) in [6, 6.07) is 16.9. The third-order valence-corrected chi connectivity index (χ3v) is 4.59. The van der Waals surface area contributed by atoms with E-state index in [1.54, 1.807) is 12.1 Å². The Morgan fingerprint density at radius 3 is 2.19 bits per heavy atom. The van der Waals surface area contributed by atoms with Gasteiger partial charge in [0, 0.05) is 4.47 Å². The van der Waals surface area contributed by atoms with E-state index in [1.807, 2.05) is 18.2 Å². The van der Waals surface area contributed by atoms with Crippen LogP contribution in [0.3, 0.4) is 0 Å². The van der Waals surface area contributed by atoms with E-state index in [-0.39, 0.29) is 11.9 Å². The first-order chi connectivity index (χ1) is 10.0. The molecular weight excluding hydrogens is 397 g/mol. The van der Waals surface area contributed by atoms with Gasteiger partial charge in [-0.05, 0) is 68.2 Å². The Bertz CT molecular complexity index is 817. The monoisotopic (exact) mass is 407 g/mol. The Labute approximate surface area is 139 Å². The van der Waals surface area contributed by atoms with Gasteiger partial charge in [-0.25, -0.2) is 4.39 Å². The molecule has 0 aliphatic carbocycles. The van der Waals surface area contributed by atoms with E-state index in [1.165, 1.54) is 6.07 Å². The molecule has 0 aromatic heterocycles. The van der Waals surface area contributed by atoms with Crippen LogP contribution in [0.4, 0.5) is 4.39 Å². The zero-order valence-corrected chi connectivity index (χ0v) is 14.2. The van der Waals surface area contributed by atoms with Gasteiger partial charge in [0.2, 0.25) is 0 Å². The van der Waals surface area contributed by atoms with Gasteiger partial charge in [-0.1, -0.05) is 40.2 Å². The summed E-state index contributed by atoms with van der Waals surface area (Å²) in [7, 11) is 0. The van der Waals surface area contributed by atoms with Crippen LogP contribution in [0.25, 0.3) is 10.8 Å². The van der Waals surface area contributed by atoms with Gasteiger partial charge in [0.1, 0.15) is 5.82 Å². The van der Waals surface area contributed by atoms with Crippen molar-refractivity contribution in [1.82, 2.24) is 0 Å². The highest BCUT2D eigenvalue weighted by Crippen LogP contribution is 2.27. The average Bonchev–Trinajstić information content (AvgIpc) is 2.49. The van der Waals surface area contributed by atoms with Crippen molar-refractivity contribution in [1.29, 1.82) is 0 Å². The van der Waals surface area contributed by atoms with Crippen LogP contribution in [-0.4, -0.2) is 0 Å². The van der Waals surface area contributed by atoms with Gasteiger partial charge >= 0.3 is 0 Å². The van der Waals surface area contributed by atoms with E-state index >= 15 is 0 Å². The topological polar surface area (TPSA) is 26.0 Å². The van der Waals surface area contributed by atoms with Crippen LogP contribution in [-0.2, 0) is 0 Å². The summed E-state index contributed by atoms with van der Waals surface area (Å²) in [5.41, 5.74) is 8.18. The maximum atomic E-state index is 13.3. The first-order valence-corrected chi connectivity index (χ1v) is 8.03. The van der Waals surface area contributed by atoms with Crippen molar-refractivity contribution in [3.63, 3.8) is 0 Å². The average molecular weight is 409 g/mol. The largest absolute Gasteiger partial charge is 0.320 e. The Hall–Kier alpha value is -1.23. The lowest BCUT2D eigenvalue weighted by Gasteiger charge is -2.14. The third kappa shape index (κ3) is 3.03. The SMILES string of the molecule is NC(c1ccc(F)c(Br)c1)c1ccc2cc(Br)ccc2c1. The second-order valence-electron chi connectivity index (χ2n) is 4.90. The highest BCUT2D eigenvalue weighted by Gasteiger charge is 2.11. The maximum Gasteiger partial charge on any atom is 0.137 e. The Morgan fingerprint density at radius 2 is 1.43 bits per heavy atom. The lowest BCUT2D eigenvalue weighted by Crippen LogP contribution is -2.11. The number of hydrogen-bond acceptors (Lipinski definition) is 1. The van der Waals surface area contributed by atoms with Crippen molar-refractivity contribution in [2.24, 2.45) is 5.73 Å². The molecule has 0 spiro atoms. The predicted octanol–water partition coefficient (Wildman–Crippen LogP) is 5.55. The van der Waals surface area contributed by atoms with Crippen molar-refractivity contribution in [3.8, 4) is 0 Å². The van der Waals surface area contributed by atoms with Crippen LogP contribution in [0.15, 0.2) is 63.5 Å². The van der Waals surface area contributed by atoms with Crippen LogP contribution < -0.4 is 5.73 Å². The minimum absolute atomic E-state index is 0.282. The molecule has 0 bridgehead atoms. The fourth-order valence-electron chi connectivity index (χ4n) is 2.33. The molecule has 21 heavy (non-hydrogen) atoms. The molecule has 0 aliphatic heterocycles. The predicted molar refractivity (Wildman–Crippen MR) is 91.8 cm³/mol. The van der Waals surface area contributed by atoms with Gasteiger partial charge in [-0.15, -0.1) is 0 Å². The molecular formula is C17H12Br2FN. The fourth-order valence-corrected chi connectivity index (χ4v) is 3.10. The van der Waals surface area contributed by atoms with Gasteiger partial charge < -0.3 is 5.73 Å². The number of hydrogen-bond donors (Lipinski definition) is 1. The second kappa shape index (κ2) is 5.87. The molecule has 0 saturated heterocycles. The molecule has 0 saturated carbocycles. The minimum atomic E-state index is -0.283. The molecule has 0 radical (unpaired) electrons. The molecule has 3 aromatic rings. The third-order valence-electron chi connectivity index (χ3n) is 3.49. The van der Waals surface area contributed by atoms with E-state index in [0.717, 1.165) is 26.4 Å². The molecule has 0 heterocycles. The number of rotatable bonds is 2. The summed E-state index contributed by atoms with van der Waals surface area (Å²) in [5, 5.41) is 2.29. The van der Waals surface area contributed by atoms with Crippen molar-refractivity contribution < 1.29 is 4.39 Å². The molecule has 0 amide bonds. The highest BCUT2D eigenvalue weighted by molar-refractivity contribution is 9.10. The number of halogens is 3. The number of benzene rings is 3. The summed E-state index contributed by atoms with van der Waals surface area (Å²) in [6.45, 7) is 0. The zero-order valence-electron chi connectivity index (χ0n) is 11.0. The minimum Gasteiger partial charge on any atom is -0.320 e. The van der Waals surface area contributed by atoms with Crippen LogP contribution in [0, 0.1) is 5.82 Å². The Balaban J connectivity index is 2.02. The van der Waals surface area contributed by atoms with Gasteiger partial charge in [0.05, 0.1) is 10.5 Å². The molecule has 3 rings (SSSR count). The first kappa shape index (κ1) is 14.7. The van der Waals surface area contributed by atoms with Crippen molar-refractivity contribution in [2.75, 3.05) is 0 Å². The summed E-state index contributed by atoms with van der Waals surface area (Å²) in [6.07, 6.45) is 0. The Morgan fingerprint density at radius 1 is 0.810 bits per heavy atom. The highest BCUT2D eigenvalue weighted by atomic mass is 79.9. The van der Waals surface area contributed by atoms with E-state index < -0.39 is 0 Å². The molecule has 106 valence electrons. The molecule has 0 aliphatic rings. The van der Waals surface area contributed by atoms with Gasteiger partial charge in [0.15, 0.2) is 0 Å². The van der Waals surface area contributed by atoms with Crippen LogP contribution in [0.2, 0.25) is 0 Å². The summed E-state index contributed by atoms with van der Waals surface area (Å²) < 4.78 is 14.8. The summed E-state index contributed by atoms with van der Waals surface area (Å²) >= 11 is 6.66. The van der Waals surface area contributed by atoms with E-state index in [9.17, 15) is 4.39 Å². The Kier molecular flexibility index (Phi) is 4.11. The van der Waals surface area contributed by atoms with Crippen LogP contribution in [0.5, 0.6) is 0 Å². The molecule has 4 heteroatoms. The summed E-state index contributed by atoms with van der Waals surface area (Å²) in [4.78, 5) is 0. The normalized spacial score (nSPS) is 12.6. The molecule has 1 atom stereocenters. The summed E-state index contributed by atoms with van der Waals surface area (Å²) in [5.74, 6) is -0.283. The molecule has 0 fully saturated rings. The van der Waals surface area contributed by atoms with E-state index in [0.29, 0.717) is 4.47 Å². The fraction of sp³-hybridized carbons (Fsp3) is 0.0588. The van der Waals surface area contributed by atoms with E-state index in [2.05, 4.69) is 50.1 Å². The van der Waals surface area contributed by atoms with Gasteiger partial charge in [-0.2, -0.15) is 0 Å². The van der Waals surface area contributed by atoms with Crippen LogP contribution in [0.1, 0.15) is 17.2 Å². The molecule has 1 unspecified atom stereocenters. The van der Waals surface area contributed by atoms with Crippen molar-refractivity contribution in [3.05, 3.63) is 80.5 Å². The quantitative estimate of drug-likeness (QED) is 0.590. The first-order valence-electron chi connectivity index (χ1n) is 6.44. The van der Waals surface area contributed by atoms with Gasteiger partial charge in [-0.3, -0.25) is 0 Å². The van der Waals surface area contributed by atoms with Crippen molar-refractivity contribution in [2.45, 2.75) is 6.04 Å². The molecule has 3 aromatic carbocycles. The van der Waals surface area contributed by atoms with Gasteiger partial charge in [0.25, 0.3) is 0 Å². The number of nitrogens with two attached hydrogens (primary N) is 1. The smallest absolute Gasteiger partial charge is 0.137 e. The maximum absolute atomic E-state index is 13.3. The zero-order chi connectivity index (χ0) is 15.0. The lowest BCUT2D eigenvalue weighted by molar-refractivity contribution is 0.619. The molecule has 1 nitrogen and oxygen atoms in total. The molecule has 2 N–H and O–H groups in total. The number of fused-ring (bicyclic) bond motifs is 1. The van der Waals surface area contributed by atoms with Crippen LogP contribution >= 0.6 is 31.9 Å². The second-order valence-corrected chi connectivity index (χ2v) is 6.67.